The molecule has 2 heterocycles. The zero-order chi connectivity index (χ0) is 20.5. The van der Waals surface area contributed by atoms with Gasteiger partial charge in [0.15, 0.2) is 0 Å². The molecule has 0 radical (unpaired) electrons. The van der Waals surface area contributed by atoms with Gasteiger partial charge in [0.1, 0.15) is 17.2 Å². The molecule has 0 unspecified atom stereocenters. The third-order valence-corrected chi connectivity index (χ3v) is 4.73. The molecule has 2 amide bonds. The number of amides is 2. The average molecular weight is 388 g/mol. The fourth-order valence-electron chi connectivity index (χ4n) is 3.38. The Morgan fingerprint density at radius 1 is 1.07 bits per heavy atom. The van der Waals surface area contributed by atoms with Crippen molar-refractivity contribution in [3.8, 4) is 11.3 Å². The third kappa shape index (κ3) is 3.38. The lowest BCUT2D eigenvalue weighted by Gasteiger charge is -2.08. The molecular weight excluding hydrogens is 368 g/mol. The number of imidazole rings is 1. The molecule has 29 heavy (non-hydrogen) atoms. The molecule has 2 N–H and O–H groups in total. The zero-order valence-electron chi connectivity index (χ0n) is 16.3. The van der Waals surface area contributed by atoms with Crippen molar-refractivity contribution >= 4 is 39.9 Å². The number of ether oxygens (including phenoxy) is 1. The molecule has 0 aliphatic rings. The molecule has 7 heteroatoms. The Morgan fingerprint density at radius 2 is 1.86 bits per heavy atom. The first-order chi connectivity index (χ1) is 14.0. The van der Waals surface area contributed by atoms with Crippen LogP contribution >= 0.6 is 0 Å². The van der Waals surface area contributed by atoms with E-state index >= 15 is 0 Å². The monoisotopic (exact) mass is 388 g/mol. The van der Waals surface area contributed by atoms with Gasteiger partial charge in [-0.15, -0.1) is 0 Å². The Bertz CT molecular complexity index is 1260. The van der Waals surface area contributed by atoms with Crippen molar-refractivity contribution in [2.75, 3.05) is 17.7 Å². The number of nitrogens with zero attached hydrogens (tertiary/aromatic N) is 2. The number of carbonyl (C=O) groups is 2. The van der Waals surface area contributed by atoms with Gasteiger partial charge in [0, 0.05) is 29.8 Å². The van der Waals surface area contributed by atoms with Crippen LogP contribution in [-0.2, 0) is 9.53 Å². The summed E-state index contributed by atoms with van der Waals surface area (Å²) in [6, 6.07) is 15.4. The van der Waals surface area contributed by atoms with Crippen LogP contribution < -0.4 is 10.6 Å². The Morgan fingerprint density at radius 3 is 2.59 bits per heavy atom. The van der Waals surface area contributed by atoms with Crippen molar-refractivity contribution in [1.29, 1.82) is 0 Å². The summed E-state index contributed by atoms with van der Waals surface area (Å²) in [7, 11) is 1.32. The summed E-state index contributed by atoms with van der Waals surface area (Å²) in [6.07, 6.45) is 1.34. The van der Waals surface area contributed by atoms with Gasteiger partial charge in [0.25, 0.3) is 0 Å². The fraction of sp³-hybridized carbons (Fsp3) is 0.136. The van der Waals surface area contributed by atoms with Crippen molar-refractivity contribution < 1.29 is 14.3 Å². The number of aromatic nitrogens is 2. The third-order valence-electron chi connectivity index (χ3n) is 4.73. The predicted octanol–water partition coefficient (Wildman–Crippen LogP) is 4.60. The molecule has 0 fully saturated rings. The molecule has 4 rings (SSSR count). The summed E-state index contributed by atoms with van der Waals surface area (Å²) < 4.78 is 6.53. The number of aryl methyl sites for hydroxylation is 1. The van der Waals surface area contributed by atoms with Crippen LogP contribution in [0.4, 0.5) is 16.3 Å². The van der Waals surface area contributed by atoms with Crippen LogP contribution in [0, 0.1) is 6.92 Å². The normalized spacial score (nSPS) is 10.9. The standard InChI is InChI=1S/C22H20N4O3/c1-13-6-4-5-7-17(13)19-21(23-14(2)27)26-11-10-15-8-9-16(24-22(28)29-3)12-18(15)20(26)25-19/h4-12H,1-3H3,(H,23,27)(H,24,28). The molecule has 0 bridgehead atoms. The van der Waals surface area contributed by atoms with Crippen LogP contribution in [0.5, 0.6) is 0 Å². The average Bonchev–Trinajstić information content (AvgIpc) is 3.06. The number of benzene rings is 2. The quantitative estimate of drug-likeness (QED) is 0.537. The van der Waals surface area contributed by atoms with Gasteiger partial charge in [-0.2, -0.15) is 0 Å². The number of rotatable bonds is 3. The van der Waals surface area contributed by atoms with Gasteiger partial charge in [-0.05, 0) is 36.1 Å². The number of carbonyl (C=O) groups excluding carboxylic acids is 2. The summed E-state index contributed by atoms with van der Waals surface area (Å²) >= 11 is 0. The van der Waals surface area contributed by atoms with Gasteiger partial charge >= 0.3 is 6.09 Å². The van der Waals surface area contributed by atoms with Crippen molar-refractivity contribution in [2.45, 2.75) is 13.8 Å². The molecule has 0 atom stereocenters. The lowest BCUT2D eigenvalue weighted by molar-refractivity contribution is -0.114. The van der Waals surface area contributed by atoms with E-state index in [2.05, 4.69) is 15.4 Å². The number of hydrogen-bond acceptors (Lipinski definition) is 4. The van der Waals surface area contributed by atoms with Crippen LogP contribution in [0.1, 0.15) is 12.5 Å². The SMILES string of the molecule is COC(=O)Nc1ccc2ccn3c(NC(C)=O)c(-c4ccccc4C)nc3c2c1. The minimum absolute atomic E-state index is 0.178. The summed E-state index contributed by atoms with van der Waals surface area (Å²) in [4.78, 5) is 28.3. The highest BCUT2D eigenvalue weighted by atomic mass is 16.5. The molecule has 4 aromatic rings. The lowest BCUT2D eigenvalue weighted by Crippen LogP contribution is -2.10. The molecule has 2 aromatic heterocycles. The second-order valence-corrected chi connectivity index (χ2v) is 6.73. The molecular formula is C22H20N4O3. The first kappa shape index (κ1) is 18.5. The summed E-state index contributed by atoms with van der Waals surface area (Å²) in [5.41, 5.74) is 3.96. The van der Waals surface area contributed by atoms with Crippen LogP contribution in [0.25, 0.3) is 27.7 Å². The fourth-order valence-corrected chi connectivity index (χ4v) is 3.38. The number of anilines is 2. The minimum Gasteiger partial charge on any atom is -0.453 e. The molecule has 0 saturated carbocycles. The Kier molecular flexibility index (Phi) is 4.64. The highest BCUT2D eigenvalue weighted by Gasteiger charge is 2.18. The second-order valence-electron chi connectivity index (χ2n) is 6.73. The van der Waals surface area contributed by atoms with Crippen molar-refractivity contribution in [3.05, 3.63) is 60.3 Å². The maximum absolute atomic E-state index is 11.9. The predicted molar refractivity (Wildman–Crippen MR) is 113 cm³/mol. The smallest absolute Gasteiger partial charge is 0.411 e. The van der Waals surface area contributed by atoms with E-state index in [1.54, 1.807) is 6.07 Å². The van der Waals surface area contributed by atoms with Crippen molar-refractivity contribution in [3.63, 3.8) is 0 Å². The Balaban J connectivity index is 1.99. The van der Waals surface area contributed by atoms with Gasteiger partial charge in [-0.1, -0.05) is 30.3 Å². The van der Waals surface area contributed by atoms with E-state index in [0.717, 1.165) is 21.9 Å². The van der Waals surface area contributed by atoms with E-state index in [1.807, 2.05) is 60.0 Å². The molecule has 0 saturated heterocycles. The lowest BCUT2D eigenvalue weighted by atomic mass is 10.1. The zero-order valence-corrected chi connectivity index (χ0v) is 16.3. The number of hydrogen-bond donors (Lipinski definition) is 2. The van der Waals surface area contributed by atoms with E-state index in [4.69, 9.17) is 4.98 Å². The van der Waals surface area contributed by atoms with Crippen LogP contribution in [0.2, 0.25) is 0 Å². The largest absolute Gasteiger partial charge is 0.453 e. The van der Waals surface area contributed by atoms with Gasteiger partial charge in [-0.3, -0.25) is 14.5 Å². The maximum Gasteiger partial charge on any atom is 0.411 e. The Labute approximate surface area is 167 Å². The number of nitrogens with one attached hydrogen (secondary N) is 2. The first-order valence-electron chi connectivity index (χ1n) is 9.11. The van der Waals surface area contributed by atoms with Crippen LogP contribution in [0.3, 0.4) is 0 Å². The molecule has 7 nitrogen and oxygen atoms in total. The Hall–Kier alpha value is -3.87. The molecule has 146 valence electrons. The van der Waals surface area contributed by atoms with Gasteiger partial charge < -0.3 is 10.1 Å². The van der Waals surface area contributed by atoms with Gasteiger partial charge in [0.2, 0.25) is 5.91 Å². The first-order valence-corrected chi connectivity index (χ1v) is 9.11. The summed E-state index contributed by atoms with van der Waals surface area (Å²) in [6.45, 7) is 3.48. The molecule has 0 aliphatic heterocycles. The van der Waals surface area contributed by atoms with E-state index in [0.29, 0.717) is 22.8 Å². The van der Waals surface area contributed by atoms with Crippen molar-refractivity contribution in [1.82, 2.24) is 9.38 Å². The van der Waals surface area contributed by atoms with Crippen LogP contribution in [0.15, 0.2) is 54.7 Å². The highest BCUT2D eigenvalue weighted by molar-refractivity contribution is 6.01. The summed E-state index contributed by atoms with van der Waals surface area (Å²) in [5, 5.41) is 7.39. The minimum atomic E-state index is -0.542. The van der Waals surface area contributed by atoms with Crippen molar-refractivity contribution in [2.24, 2.45) is 0 Å². The van der Waals surface area contributed by atoms with Gasteiger partial charge in [0.05, 0.1) is 7.11 Å². The number of methoxy groups -OCH3 is 1. The van der Waals surface area contributed by atoms with Gasteiger partial charge in [-0.25, -0.2) is 9.78 Å². The number of pyridine rings is 1. The molecule has 2 aromatic carbocycles. The molecule has 0 spiro atoms. The highest BCUT2D eigenvalue weighted by Crippen LogP contribution is 2.34. The van der Waals surface area contributed by atoms with E-state index in [-0.39, 0.29) is 5.91 Å². The van der Waals surface area contributed by atoms with Crippen LogP contribution in [-0.4, -0.2) is 28.5 Å². The number of fused-ring (bicyclic) bond motifs is 3. The second kappa shape index (κ2) is 7.27. The van der Waals surface area contributed by atoms with E-state index < -0.39 is 6.09 Å². The summed E-state index contributed by atoms with van der Waals surface area (Å²) in [5.74, 6) is 0.429. The molecule has 0 aliphatic carbocycles. The topological polar surface area (TPSA) is 84.7 Å². The van der Waals surface area contributed by atoms with E-state index in [9.17, 15) is 9.59 Å². The maximum atomic E-state index is 11.9. The van der Waals surface area contributed by atoms with E-state index in [1.165, 1.54) is 14.0 Å².